The fourth-order valence-corrected chi connectivity index (χ4v) is 2.56. The van der Waals surface area contributed by atoms with Crippen molar-refractivity contribution in [3.63, 3.8) is 0 Å². The molecule has 1 fully saturated rings. The molecule has 1 saturated heterocycles. The number of carbonyl (C=O) groups excluding carboxylic acids is 2. The highest BCUT2D eigenvalue weighted by molar-refractivity contribution is 5.94. The normalized spacial score (nSPS) is 19.3. The van der Waals surface area contributed by atoms with Gasteiger partial charge in [0.05, 0.1) is 6.54 Å². The Labute approximate surface area is 124 Å². The van der Waals surface area contributed by atoms with Crippen LogP contribution >= 0.6 is 0 Å². The number of nitrogens with zero attached hydrogens (tertiary/aromatic N) is 2. The molecule has 1 atom stereocenters. The SMILES string of the molecule is CCCN1CC(=O)N(Cc2ccc(C)c(F)c2)[C@@H](C)C1=O. The number of halogens is 1. The molecule has 0 N–H and O–H groups in total. The van der Waals surface area contributed by atoms with Crippen molar-refractivity contribution in [3.05, 3.63) is 35.1 Å². The second-order valence-electron chi connectivity index (χ2n) is 5.54. The first-order chi connectivity index (χ1) is 9.93. The quantitative estimate of drug-likeness (QED) is 0.852. The van der Waals surface area contributed by atoms with Crippen LogP contribution in [0.3, 0.4) is 0 Å². The number of hydrogen-bond donors (Lipinski definition) is 0. The third-order valence-electron chi connectivity index (χ3n) is 3.87. The van der Waals surface area contributed by atoms with Crippen LogP contribution in [-0.4, -0.2) is 40.7 Å². The number of amides is 2. The van der Waals surface area contributed by atoms with Gasteiger partial charge in [-0.05, 0) is 37.5 Å². The van der Waals surface area contributed by atoms with Crippen molar-refractivity contribution in [2.45, 2.75) is 39.8 Å². The summed E-state index contributed by atoms with van der Waals surface area (Å²) < 4.78 is 13.6. The second-order valence-corrected chi connectivity index (χ2v) is 5.54. The summed E-state index contributed by atoms with van der Waals surface area (Å²) in [4.78, 5) is 27.6. The average molecular weight is 292 g/mol. The molecular formula is C16H21FN2O2. The third-order valence-corrected chi connectivity index (χ3v) is 3.87. The Morgan fingerprint density at radius 3 is 2.67 bits per heavy atom. The summed E-state index contributed by atoms with van der Waals surface area (Å²) in [5, 5.41) is 0. The highest BCUT2D eigenvalue weighted by Crippen LogP contribution is 2.18. The summed E-state index contributed by atoms with van der Waals surface area (Å²) in [5.41, 5.74) is 1.28. The van der Waals surface area contributed by atoms with E-state index in [1.54, 1.807) is 30.9 Å². The van der Waals surface area contributed by atoms with Crippen LogP contribution in [0.5, 0.6) is 0 Å². The Hall–Kier alpha value is -1.91. The van der Waals surface area contributed by atoms with Crippen LogP contribution in [0.2, 0.25) is 0 Å². The minimum Gasteiger partial charge on any atom is -0.332 e. The Morgan fingerprint density at radius 2 is 2.05 bits per heavy atom. The predicted molar refractivity (Wildman–Crippen MR) is 78.0 cm³/mol. The van der Waals surface area contributed by atoms with E-state index < -0.39 is 6.04 Å². The number of hydrogen-bond acceptors (Lipinski definition) is 2. The highest BCUT2D eigenvalue weighted by atomic mass is 19.1. The van der Waals surface area contributed by atoms with Gasteiger partial charge in [-0.2, -0.15) is 0 Å². The molecule has 0 unspecified atom stereocenters. The Kier molecular flexibility index (Phi) is 4.60. The van der Waals surface area contributed by atoms with Crippen LogP contribution in [0.4, 0.5) is 4.39 Å². The maximum atomic E-state index is 13.6. The van der Waals surface area contributed by atoms with Crippen LogP contribution in [0.25, 0.3) is 0 Å². The van der Waals surface area contributed by atoms with E-state index in [0.29, 0.717) is 17.7 Å². The van der Waals surface area contributed by atoms with Gasteiger partial charge in [0.25, 0.3) is 0 Å². The number of piperazine rings is 1. The van der Waals surface area contributed by atoms with Gasteiger partial charge in [0, 0.05) is 13.1 Å². The molecule has 0 aromatic heterocycles. The number of rotatable bonds is 4. The Bertz CT molecular complexity index is 559. The minimum absolute atomic E-state index is 0.0379. The zero-order valence-corrected chi connectivity index (χ0v) is 12.7. The molecule has 0 saturated carbocycles. The first-order valence-corrected chi connectivity index (χ1v) is 7.27. The van der Waals surface area contributed by atoms with E-state index in [4.69, 9.17) is 0 Å². The summed E-state index contributed by atoms with van der Waals surface area (Å²) in [6.45, 7) is 6.38. The molecule has 0 spiro atoms. The molecular weight excluding hydrogens is 271 g/mol. The molecule has 21 heavy (non-hydrogen) atoms. The largest absolute Gasteiger partial charge is 0.332 e. The van der Waals surface area contributed by atoms with Crippen LogP contribution in [0.1, 0.15) is 31.4 Å². The fourth-order valence-electron chi connectivity index (χ4n) is 2.56. The summed E-state index contributed by atoms with van der Waals surface area (Å²) >= 11 is 0. The standard InChI is InChI=1S/C16H21FN2O2/c1-4-7-18-10-15(20)19(12(3)16(18)21)9-13-6-5-11(2)14(17)8-13/h5-6,8,12H,4,7,9-10H2,1-3H3/t12-/m0/s1. The number of carbonyl (C=O) groups is 2. The van der Waals surface area contributed by atoms with Crippen molar-refractivity contribution in [1.29, 1.82) is 0 Å². The van der Waals surface area contributed by atoms with E-state index in [-0.39, 0.29) is 30.7 Å². The molecule has 1 aromatic carbocycles. The molecule has 5 heteroatoms. The molecule has 0 bridgehead atoms. The summed E-state index contributed by atoms with van der Waals surface area (Å²) in [5.74, 6) is -0.413. The predicted octanol–water partition coefficient (Wildman–Crippen LogP) is 2.10. The summed E-state index contributed by atoms with van der Waals surface area (Å²) in [6, 6.07) is 4.41. The molecule has 1 aliphatic heterocycles. The van der Waals surface area contributed by atoms with Crippen molar-refractivity contribution < 1.29 is 14.0 Å². The van der Waals surface area contributed by atoms with E-state index >= 15 is 0 Å². The molecule has 2 rings (SSSR count). The fraction of sp³-hybridized carbons (Fsp3) is 0.500. The molecule has 1 aliphatic rings. The van der Waals surface area contributed by atoms with Crippen LogP contribution in [0, 0.1) is 12.7 Å². The maximum Gasteiger partial charge on any atom is 0.245 e. The lowest BCUT2D eigenvalue weighted by Crippen LogP contribution is -2.58. The van der Waals surface area contributed by atoms with Crippen LogP contribution in [0.15, 0.2) is 18.2 Å². The van der Waals surface area contributed by atoms with Gasteiger partial charge >= 0.3 is 0 Å². The summed E-state index contributed by atoms with van der Waals surface area (Å²) in [6.07, 6.45) is 0.828. The van der Waals surface area contributed by atoms with Crippen molar-refractivity contribution in [2.24, 2.45) is 0 Å². The van der Waals surface area contributed by atoms with Crippen LogP contribution < -0.4 is 0 Å². The minimum atomic E-state index is -0.498. The lowest BCUT2D eigenvalue weighted by Gasteiger charge is -2.38. The van der Waals surface area contributed by atoms with Gasteiger partial charge in [-0.25, -0.2) is 4.39 Å². The smallest absolute Gasteiger partial charge is 0.245 e. The van der Waals surface area contributed by atoms with Crippen molar-refractivity contribution in [3.8, 4) is 0 Å². The first kappa shape index (κ1) is 15.5. The van der Waals surface area contributed by atoms with Crippen molar-refractivity contribution in [1.82, 2.24) is 9.80 Å². The van der Waals surface area contributed by atoms with Crippen molar-refractivity contribution in [2.75, 3.05) is 13.1 Å². The highest BCUT2D eigenvalue weighted by Gasteiger charge is 2.35. The van der Waals surface area contributed by atoms with Gasteiger partial charge in [-0.15, -0.1) is 0 Å². The lowest BCUT2D eigenvalue weighted by atomic mass is 10.1. The van der Waals surface area contributed by atoms with Gasteiger partial charge in [0.1, 0.15) is 11.9 Å². The average Bonchev–Trinajstić information content (AvgIpc) is 2.45. The van der Waals surface area contributed by atoms with Crippen molar-refractivity contribution >= 4 is 11.8 Å². The Balaban J connectivity index is 2.14. The molecule has 2 amide bonds. The molecule has 1 aromatic rings. The van der Waals surface area contributed by atoms with Gasteiger partial charge < -0.3 is 9.80 Å². The zero-order chi connectivity index (χ0) is 15.6. The molecule has 4 nitrogen and oxygen atoms in total. The lowest BCUT2D eigenvalue weighted by molar-refractivity contribution is -0.155. The van der Waals surface area contributed by atoms with E-state index in [0.717, 1.165) is 6.42 Å². The van der Waals surface area contributed by atoms with E-state index in [1.807, 2.05) is 6.92 Å². The second kappa shape index (κ2) is 6.24. The monoisotopic (exact) mass is 292 g/mol. The molecule has 1 heterocycles. The van der Waals surface area contributed by atoms with E-state index in [1.165, 1.54) is 11.0 Å². The van der Waals surface area contributed by atoms with Gasteiger partial charge in [0.15, 0.2) is 0 Å². The zero-order valence-electron chi connectivity index (χ0n) is 12.7. The van der Waals surface area contributed by atoms with Gasteiger partial charge in [-0.3, -0.25) is 9.59 Å². The maximum absolute atomic E-state index is 13.6. The summed E-state index contributed by atoms with van der Waals surface area (Å²) in [7, 11) is 0. The first-order valence-electron chi connectivity index (χ1n) is 7.27. The molecule has 114 valence electrons. The van der Waals surface area contributed by atoms with Gasteiger partial charge in [0.2, 0.25) is 11.8 Å². The van der Waals surface area contributed by atoms with E-state index in [9.17, 15) is 14.0 Å². The number of aryl methyl sites for hydroxylation is 1. The molecule has 0 radical (unpaired) electrons. The molecule has 0 aliphatic carbocycles. The topological polar surface area (TPSA) is 40.6 Å². The van der Waals surface area contributed by atoms with Crippen LogP contribution in [-0.2, 0) is 16.1 Å². The third kappa shape index (κ3) is 3.23. The Morgan fingerprint density at radius 1 is 1.33 bits per heavy atom. The number of benzene rings is 1. The van der Waals surface area contributed by atoms with E-state index in [2.05, 4.69) is 0 Å². The van der Waals surface area contributed by atoms with Gasteiger partial charge in [-0.1, -0.05) is 19.1 Å².